The quantitative estimate of drug-likeness (QED) is 0.0441. The van der Waals surface area contributed by atoms with Crippen molar-refractivity contribution in [2.75, 3.05) is 0 Å². The number of hydrogen-bond acceptors (Lipinski definition) is 10. The van der Waals surface area contributed by atoms with Gasteiger partial charge in [-0.05, 0) is 130 Å². The predicted octanol–water partition coefficient (Wildman–Crippen LogP) is 7.82. The van der Waals surface area contributed by atoms with Gasteiger partial charge in [0, 0.05) is 64.3 Å². The molecule has 20 heteroatoms. The van der Waals surface area contributed by atoms with Gasteiger partial charge in [-0.15, -0.1) is 0 Å². The molecular weight excluding hydrogens is 1080 g/mol. The summed E-state index contributed by atoms with van der Waals surface area (Å²) < 4.78 is 18.2. The van der Waals surface area contributed by atoms with Crippen LogP contribution in [0.2, 0.25) is 0 Å². The van der Waals surface area contributed by atoms with Crippen LogP contribution in [0.15, 0.2) is 92.9 Å². The van der Waals surface area contributed by atoms with Gasteiger partial charge in [-0.1, -0.05) is 52.6 Å². The zero-order valence-corrected chi connectivity index (χ0v) is 45.2. The number of carboxylic acid groups (broad SMARTS) is 2. The zero-order valence-electron chi connectivity index (χ0n) is 42.1. The molecule has 4 aliphatic carbocycles. The van der Waals surface area contributed by atoms with Crippen molar-refractivity contribution in [2.24, 2.45) is 5.92 Å². The van der Waals surface area contributed by atoms with Crippen LogP contribution in [-0.4, -0.2) is 114 Å². The first-order valence-corrected chi connectivity index (χ1v) is 27.1. The third kappa shape index (κ3) is 13.1. The Morgan fingerprint density at radius 3 is 1.66 bits per heavy atom. The Morgan fingerprint density at radius 1 is 0.676 bits per heavy atom. The molecule has 2 fully saturated rings. The van der Waals surface area contributed by atoms with E-state index in [0.717, 1.165) is 46.0 Å². The van der Waals surface area contributed by atoms with Crippen LogP contribution in [0.1, 0.15) is 143 Å². The van der Waals surface area contributed by atoms with E-state index >= 15 is 0 Å². The molecule has 4 amide bonds. The van der Waals surface area contributed by atoms with E-state index in [-0.39, 0.29) is 77.2 Å². The van der Waals surface area contributed by atoms with Gasteiger partial charge in [-0.25, -0.2) is 19.0 Å². The highest BCUT2D eigenvalue weighted by atomic mass is 79.9. The van der Waals surface area contributed by atoms with E-state index in [0.29, 0.717) is 37.1 Å². The molecule has 0 bridgehead atoms. The Bertz CT molecular complexity index is 2800. The van der Waals surface area contributed by atoms with Crippen molar-refractivity contribution in [2.45, 2.75) is 159 Å². The molecule has 2 heterocycles. The third-order valence-corrected chi connectivity index (χ3v) is 15.5. The minimum absolute atomic E-state index is 0.00416. The van der Waals surface area contributed by atoms with E-state index in [9.17, 15) is 39.0 Å². The minimum atomic E-state index is -1.15. The van der Waals surface area contributed by atoms with Crippen molar-refractivity contribution in [1.29, 1.82) is 0 Å². The molecule has 18 nitrogen and oxygen atoms in total. The van der Waals surface area contributed by atoms with Crippen molar-refractivity contribution in [3.8, 4) is 11.4 Å². The molecule has 394 valence electrons. The molecule has 4 aliphatic rings. The minimum Gasteiger partial charge on any atom is -0.478 e. The zero-order chi connectivity index (χ0) is 53.0. The van der Waals surface area contributed by atoms with Gasteiger partial charge < -0.3 is 41.0 Å². The number of nitrogens with zero attached hydrogens (tertiary/aromatic N) is 4. The van der Waals surface area contributed by atoms with E-state index in [1.165, 1.54) is 26.0 Å². The maximum absolute atomic E-state index is 14.5. The Labute approximate surface area is 446 Å². The number of aliphatic carboxylic acids is 2. The number of amides is 4. The first-order valence-electron chi connectivity index (χ1n) is 25.5. The summed E-state index contributed by atoms with van der Waals surface area (Å²) >= 11 is 6.97. The van der Waals surface area contributed by atoms with E-state index in [1.807, 2.05) is 69.3 Å². The molecule has 6 N–H and O–H groups in total. The average Bonchev–Trinajstić information content (AvgIpc) is 4.28. The molecule has 74 heavy (non-hydrogen) atoms. The maximum atomic E-state index is 14.5. The summed E-state index contributed by atoms with van der Waals surface area (Å²) in [5.41, 5.74) is 3.61. The Kier molecular flexibility index (Phi) is 17.4. The second kappa shape index (κ2) is 23.7. The van der Waals surface area contributed by atoms with Gasteiger partial charge in [-0.3, -0.25) is 19.2 Å². The molecule has 3 unspecified atom stereocenters. The summed E-state index contributed by atoms with van der Waals surface area (Å²) in [5, 5.41) is 42.0. The van der Waals surface area contributed by atoms with E-state index in [1.54, 1.807) is 21.5 Å². The topological polar surface area (TPSA) is 245 Å². The number of halogens is 2. The van der Waals surface area contributed by atoms with Crippen LogP contribution < -0.4 is 21.3 Å². The normalized spacial score (nSPS) is 23.8. The molecule has 0 saturated heterocycles. The maximum Gasteiger partial charge on any atom is 0.331 e. The first kappa shape index (κ1) is 54.3. The summed E-state index contributed by atoms with van der Waals surface area (Å²) in [4.78, 5) is 78.8. The molecule has 2 aromatic carbocycles. The lowest BCUT2D eigenvalue weighted by Gasteiger charge is -2.38. The largest absolute Gasteiger partial charge is 0.478 e. The molecule has 2 saturated carbocycles. The van der Waals surface area contributed by atoms with Gasteiger partial charge in [0.15, 0.2) is 5.69 Å². The Hall–Kier alpha value is -5.96. The lowest BCUT2D eigenvalue weighted by Crippen LogP contribution is -2.59. The van der Waals surface area contributed by atoms with Crippen molar-refractivity contribution in [1.82, 2.24) is 40.8 Å². The number of carbonyl (C=O) groups is 6. The summed E-state index contributed by atoms with van der Waals surface area (Å²) in [6.07, 6.45) is 6.73. The molecule has 0 radical (unpaired) electrons. The SMILES string of the molecule is CCC(CCC1CC1c1cc(C(=O)N[C@H]2CC(C(=O)O)=C[C@@H](OC(CC)CC)[C@@H]2NC(C)=O)n(-c2ccc(Br)cc2)n1)O[C@@H]1C=C(C(=O)O)C[C@H](NC(=O)c2cc(C3CC3)n(-c3ccc(Br)cc3)n2)[C@H]1NC(C)=O. The first-order chi connectivity index (χ1) is 35.4. The van der Waals surface area contributed by atoms with Crippen LogP contribution in [0, 0.1) is 5.92 Å². The Morgan fingerprint density at radius 2 is 1.18 bits per heavy atom. The highest BCUT2D eigenvalue weighted by molar-refractivity contribution is 9.10. The third-order valence-electron chi connectivity index (χ3n) is 14.4. The molecule has 4 aromatic rings. The number of carbonyl (C=O) groups excluding carboxylic acids is 4. The van der Waals surface area contributed by atoms with Gasteiger partial charge in [0.1, 0.15) is 5.69 Å². The van der Waals surface area contributed by atoms with Gasteiger partial charge >= 0.3 is 11.9 Å². The molecule has 0 spiro atoms. The number of rotatable bonds is 22. The predicted molar refractivity (Wildman–Crippen MR) is 281 cm³/mol. The van der Waals surface area contributed by atoms with Crippen molar-refractivity contribution in [3.05, 3.63) is 116 Å². The van der Waals surface area contributed by atoms with Crippen LogP contribution in [0.25, 0.3) is 11.4 Å². The second-order valence-electron chi connectivity index (χ2n) is 19.8. The molecule has 9 atom stereocenters. The fraction of sp³-hybridized carbons (Fsp3) is 0.481. The van der Waals surface area contributed by atoms with Crippen LogP contribution in [0.5, 0.6) is 0 Å². The highest BCUT2D eigenvalue weighted by Crippen LogP contribution is 2.50. The number of ether oxygens (including phenoxy) is 2. The van der Waals surface area contributed by atoms with Gasteiger partial charge in [0.05, 0.1) is 65.7 Å². The van der Waals surface area contributed by atoms with Crippen LogP contribution in [0.3, 0.4) is 0 Å². The van der Waals surface area contributed by atoms with Gasteiger partial charge in [0.25, 0.3) is 11.8 Å². The summed E-state index contributed by atoms with van der Waals surface area (Å²) in [6.45, 7) is 8.66. The Balaban J connectivity index is 0.975. The number of nitrogens with one attached hydrogen (secondary N) is 4. The second-order valence-corrected chi connectivity index (χ2v) is 21.7. The average molecular weight is 1140 g/mol. The number of hydrogen-bond donors (Lipinski definition) is 6. The number of carboxylic acids is 2. The monoisotopic (exact) mass is 1140 g/mol. The molecule has 8 rings (SSSR count). The highest BCUT2D eigenvalue weighted by Gasteiger charge is 2.44. The lowest BCUT2D eigenvalue weighted by molar-refractivity contribution is -0.134. The fourth-order valence-electron chi connectivity index (χ4n) is 10.2. The van der Waals surface area contributed by atoms with Gasteiger partial charge in [0.2, 0.25) is 11.8 Å². The van der Waals surface area contributed by atoms with Crippen LogP contribution in [0.4, 0.5) is 0 Å². The van der Waals surface area contributed by atoms with Crippen LogP contribution >= 0.6 is 31.9 Å². The summed E-state index contributed by atoms with van der Waals surface area (Å²) in [7, 11) is 0. The number of aromatic nitrogens is 4. The summed E-state index contributed by atoms with van der Waals surface area (Å²) in [6, 6.07) is 15.4. The number of benzene rings is 2. The van der Waals surface area contributed by atoms with E-state index in [4.69, 9.17) is 19.7 Å². The molecular formula is C54H64Br2N8O10. The van der Waals surface area contributed by atoms with Crippen molar-refractivity contribution in [3.63, 3.8) is 0 Å². The van der Waals surface area contributed by atoms with Gasteiger partial charge in [-0.2, -0.15) is 10.2 Å². The van der Waals surface area contributed by atoms with E-state index < -0.39 is 60.1 Å². The standard InChI is InChI=1S/C54H64Br2N8O10/c1-6-38(7-2)73-47-24-33(54(71)72)23-43(50(47)58-29(5)66)60-52(68)46-26-41(61-64(46)37-18-14-35(56)15-19-37)40-21-31(40)11-20-39(8-3)74-48-25-32(53(69)70)22-42(49(48)57-28(4)65)59-51(67)44-27-45(30-9-10-30)63(62-44)36-16-12-34(55)13-17-36/h12-19,24-27,30-31,38-40,42-43,47-50H,6-11,20-23H2,1-5H3,(H,57,65)(H,58,66)(H,59,67)(H,60,68)(H,69,70)(H,71,72)/t31?,39?,40?,42-,43-,47+,48+,49+,50+/m0/s1. The van der Waals surface area contributed by atoms with Crippen molar-refractivity contribution >= 4 is 67.4 Å². The van der Waals surface area contributed by atoms with E-state index in [2.05, 4.69) is 53.1 Å². The smallest absolute Gasteiger partial charge is 0.331 e. The summed E-state index contributed by atoms with van der Waals surface area (Å²) in [5.74, 6) is -3.54. The van der Waals surface area contributed by atoms with Crippen molar-refractivity contribution < 1.29 is 48.5 Å². The molecule has 0 aliphatic heterocycles. The lowest BCUT2D eigenvalue weighted by atomic mass is 9.87. The fourth-order valence-corrected chi connectivity index (χ4v) is 10.7. The van der Waals surface area contributed by atoms with Crippen LogP contribution in [-0.2, 0) is 28.7 Å². The molecule has 2 aromatic heterocycles.